The van der Waals surface area contributed by atoms with E-state index in [1.54, 1.807) is 4.68 Å². The van der Waals surface area contributed by atoms with Crippen molar-refractivity contribution in [2.75, 3.05) is 5.32 Å². The van der Waals surface area contributed by atoms with Crippen molar-refractivity contribution in [3.63, 3.8) is 0 Å². The average Bonchev–Trinajstić information content (AvgIpc) is 2.84. The topological polar surface area (TPSA) is 98.7 Å². The van der Waals surface area contributed by atoms with Gasteiger partial charge in [0.05, 0.1) is 12.1 Å². The molecule has 0 aliphatic rings. The van der Waals surface area contributed by atoms with Gasteiger partial charge in [-0.05, 0) is 35.4 Å². The van der Waals surface area contributed by atoms with Gasteiger partial charge < -0.3 is 11.1 Å². The molecule has 20 heavy (non-hydrogen) atoms. The number of hydrogen-bond donors (Lipinski definition) is 2. The fraction of sp³-hybridized carbons (Fsp3) is 0.385. The van der Waals surface area contributed by atoms with E-state index in [0.717, 1.165) is 24.4 Å². The highest BCUT2D eigenvalue weighted by atomic mass is 16.1. The maximum Gasteiger partial charge on any atom is 0.251 e. The fourth-order valence-corrected chi connectivity index (χ4v) is 2.05. The van der Waals surface area contributed by atoms with Crippen LogP contribution in [0, 0.1) is 6.92 Å². The number of primary amides is 1. The molecule has 1 amide bonds. The summed E-state index contributed by atoms with van der Waals surface area (Å²) in [6.45, 7) is 5.12. The van der Waals surface area contributed by atoms with Crippen molar-refractivity contribution >= 4 is 11.6 Å². The number of aryl methyl sites for hydroxylation is 2. The van der Waals surface area contributed by atoms with Gasteiger partial charge in [0.1, 0.15) is 0 Å². The zero-order valence-electron chi connectivity index (χ0n) is 11.6. The molecule has 3 N–H and O–H groups in total. The molecule has 0 unspecified atom stereocenters. The SMILES string of the molecule is CCCn1nnnc1CNc1cccc(C)c1C(N)=O. The number of tetrazole rings is 1. The van der Waals surface area contributed by atoms with Crippen LogP contribution in [0.5, 0.6) is 0 Å². The molecule has 0 bridgehead atoms. The summed E-state index contributed by atoms with van der Waals surface area (Å²) in [6, 6.07) is 5.55. The summed E-state index contributed by atoms with van der Waals surface area (Å²) in [6.07, 6.45) is 0.953. The van der Waals surface area contributed by atoms with Crippen molar-refractivity contribution in [3.05, 3.63) is 35.2 Å². The van der Waals surface area contributed by atoms with Gasteiger partial charge in [-0.2, -0.15) is 0 Å². The second-order valence-corrected chi connectivity index (χ2v) is 4.53. The van der Waals surface area contributed by atoms with E-state index in [9.17, 15) is 4.79 Å². The van der Waals surface area contributed by atoms with Crippen molar-refractivity contribution in [3.8, 4) is 0 Å². The highest BCUT2D eigenvalue weighted by Crippen LogP contribution is 2.19. The largest absolute Gasteiger partial charge is 0.377 e. The molecule has 0 aliphatic heterocycles. The predicted octanol–water partition coefficient (Wildman–Crippen LogP) is 1.10. The summed E-state index contributed by atoms with van der Waals surface area (Å²) in [7, 11) is 0. The molecule has 7 nitrogen and oxygen atoms in total. The van der Waals surface area contributed by atoms with Crippen LogP contribution in [0.1, 0.15) is 35.1 Å². The number of benzene rings is 1. The van der Waals surface area contributed by atoms with Gasteiger partial charge >= 0.3 is 0 Å². The fourth-order valence-electron chi connectivity index (χ4n) is 2.05. The van der Waals surface area contributed by atoms with Crippen molar-refractivity contribution in [2.45, 2.75) is 33.4 Å². The molecule has 1 aromatic heterocycles. The van der Waals surface area contributed by atoms with Crippen LogP contribution < -0.4 is 11.1 Å². The van der Waals surface area contributed by atoms with E-state index in [2.05, 4.69) is 27.8 Å². The standard InChI is InChI=1S/C13H18N6O/c1-3-7-19-11(16-17-18-19)8-15-10-6-4-5-9(2)12(10)13(14)20/h4-6,15H,3,7-8H2,1-2H3,(H2,14,20). The van der Waals surface area contributed by atoms with E-state index in [4.69, 9.17) is 5.73 Å². The van der Waals surface area contributed by atoms with Crippen LogP contribution in [0.15, 0.2) is 18.2 Å². The number of rotatable bonds is 6. The molecule has 106 valence electrons. The molecule has 2 rings (SSSR count). The van der Waals surface area contributed by atoms with E-state index in [1.165, 1.54) is 0 Å². The Labute approximate surface area is 117 Å². The van der Waals surface area contributed by atoms with Crippen molar-refractivity contribution in [2.24, 2.45) is 5.73 Å². The first-order valence-electron chi connectivity index (χ1n) is 6.51. The minimum atomic E-state index is -0.446. The summed E-state index contributed by atoms with van der Waals surface area (Å²) in [5.41, 5.74) is 7.46. The molecule has 0 spiro atoms. The van der Waals surface area contributed by atoms with Crippen LogP contribution in [-0.2, 0) is 13.1 Å². The van der Waals surface area contributed by atoms with Crippen LogP contribution >= 0.6 is 0 Å². The Balaban J connectivity index is 2.17. The Morgan fingerprint density at radius 1 is 1.45 bits per heavy atom. The molecule has 0 saturated carbocycles. The third-order valence-corrected chi connectivity index (χ3v) is 3.00. The number of anilines is 1. The summed E-state index contributed by atoms with van der Waals surface area (Å²) >= 11 is 0. The monoisotopic (exact) mass is 274 g/mol. The van der Waals surface area contributed by atoms with Gasteiger partial charge in [-0.25, -0.2) is 4.68 Å². The van der Waals surface area contributed by atoms with Crippen LogP contribution in [0.25, 0.3) is 0 Å². The predicted molar refractivity (Wildman–Crippen MR) is 75.1 cm³/mol. The number of carbonyl (C=O) groups is 1. The van der Waals surface area contributed by atoms with E-state index in [0.29, 0.717) is 17.8 Å². The van der Waals surface area contributed by atoms with E-state index in [1.807, 2.05) is 25.1 Å². The lowest BCUT2D eigenvalue weighted by atomic mass is 10.1. The number of amides is 1. The molecule has 1 heterocycles. The molecule has 0 saturated heterocycles. The Morgan fingerprint density at radius 2 is 2.25 bits per heavy atom. The van der Waals surface area contributed by atoms with Gasteiger partial charge in [-0.3, -0.25) is 4.79 Å². The number of carbonyl (C=O) groups excluding carboxylic acids is 1. The van der Waals surface area contributed by atoms with Crippen LogP contribution in [-0.4, -0.2) is 26.1 Å². The van der Waals surface area contributed by atoms with Crippen molar-refractivity contribution in [1.29, 1.82) is 0 Å². The highest BCUT2D eigenvalue weighted by molar-refractivity contribution is 5.99. The zero-order valence-corrected chi connectivity index (χ0v) is 11.6. The molecule has 0 aliphatic carbocycles. The number of hydrogen-bond acceptors (Lipinski definition) is 5. The minimum Gasteiger partial charge on any atom is -0.377 e. The Bertz CT molecular complexity index is 607. The molecular formula is C13H18N6O. The molecular weight excluding hydrogens is 256 g/mol. The number of nitrogens with one attached hydrogen (secondary N) is 1. The van der Waals surface area contributed by atoms with Gasteiger partial charge in [0.15, 0.2) is 5.82 Å². The summed E-state index contributed by atoms with van der Waals surface area (Å²) in [5.74, 6) is 0.280. The van der Waals surface area contributed by atoms with E-state index >= 15 is 0 Å². The second-order valence-electron chi connectivity index (χ2n) is 4.53. The third-order valence-electron chi connectivity index (χ3n) is 3.00. The third kappa shape index (κ3) is 2.93. The quantitative estimate of drug-likeness (QED) is 0.822. The lowest BCUT2D eigenvalue weighted by Gasteiger charge is -2.11. The Kier molecular flexibility index (Phi) is 4.29. The summed E-state index contributed by atoms with van der Waals surface area (Å²) < 4.78 is 1.74. The van der Waals surface area contributed by atoms with E-state index in [-0.39, 0.29) is 0 Å². The maximum absolute atomic E-state index is 11.5. The maximum atomic E-state index is 11.5. The molecule has 7 heteroatoms. The Hall–Kier alpha value is -2.44. The van der Waals surface area contributed by atoms with Gasteiger partial charge in [0.25, 0.3) is 5.91 Å². The smallest absolute Gasteiger partial charge is 0.251 e. The van der Waals surface area contributed by atoms with E-state index < -0.39 is 5.91 Å². The highest BCUT2D eigenvalue weighted by Gasteiger charge is 2.12. The number of nitrogens with two attached hydrogens (primary N) is 1. The molecule has 1 aromatic carbocycles. The average molecular weight is 274 g/mol. The van der Waals surface area contributed by atoms with Crippen molar-refractivity contribution in [1.82, 2.24) is 20.2 Å². The molecule has 0 radical (unpaired) electrons. The van der Waals surface area contributed by atoms with Gasteiger partial charge in [0, 0.05) is 12.2 Å². The first-order chi connectivity index (χ1) is 9.63. The van der Waals surface area contributed by atoms with Gasteiger partial charge in [-0.1, -0.05) is 19.1 Å². The second kappa shape index (κ2) is 6.14. The zero-order chi connectivity index (χ0) is 14.5. The lowest BCUT2D eigenvalue weighted by molar-refractivity contribution is 0.100. The number of aromatic nitrogens is 4. The van der Waals surface area contributed by atoms with Crippen LogP contribution in [0.4, 0.5) is 5.69 Å². The summed E-state index contributed by atoms with van der Waals surface area (Å²) in [5, 5.41) is 14.7. The van der Waals surface area contributed by atoms with Crippen molar-refractivity contribution < 1.29 is 4.79 Å². The molecule has 2 aromatic rings. The Morgan fingerprint density at radius 3 is 2.95 bits per heavy atom. The van der Waals surface area contributed by atoms with Gasteiger partial charge in [-0.15, -0.1) is 5.10 Å². The minimum absolute atomic E-state index is 0.441. The van der Waals surface area contributed by atoms with Gasteiger partial charge in [0.2, 0.25) is 0 Å². The molecule has 0 atom stereocenters. The first-order valence-corrected chi connectivity index (χ1v) is 6.51. The van der Waals surface area contributed by atoms with Crippen LogP contribution in [0.2, 0.25) is 0 Å². The lowest BCUT2D eigenvalue weighted by Crippen LogP contribution is -2.17. The summed E-state index contributed by atoms with van der Waals surface area (Å²) in [4.78, 5) is 11.5. The normalized spacial score (nSPS) is 10.5. The first kappa shape index (κ1) is 14.0. The molecule has 0 fully saturated rings. The van der Waals surface area contributed by atoms with Crippen LogP contribution in [0.3, 0.4) is 0 Å². The number of nitrogens with zero attached hydrogens (tertiary/aromatic N) is 4.